The van der Waals surface area contributed by atoms with Crippen LogP contribution in [0.1, 0.15) is 44.8 Å². The lowest BCUT2D eigenvalue weighted by Crippen LogP contribution is -2.35. The van der Waals surface area contributed by atoms with Gasteiger partial charge in [-0.2, -0.15) is 0 Å². The van der Waals surface area contributed by atoms with Crippen LogP contribution in [0.2, 0.25) is 0 Å². The smallest absolute Gasteiger partial charge is 0.141 e. The fraction of sp³-hybridized carbons (Fsp3) is 0.706. The standard InChI is InChI=1S/C17H28FN3/c1-13-5-4-9-21(10-8-13)12-14(2)17(19-3)16-7-6-15(18)11-20-16/h6-7,11,13-14,17,19H,4-5,8-10,12H2,1-3H3. The number of hydrogen-bond acceptors (Lipinski definition) is 3. The Morgan fingerprint density at radius 1 is 1.38 bits per heavy atom. The molecule has 0 radical (unpaired) electrons. The number of rotatable bonds is 5. The Morgan fingerprint density at radius 2 is 2.19 bits per heavy atom. The molecule has 3 atom stereocenters. The molecule has 1 aliphatic rings. The van der Waals surface area contributed by atoms with Gasteiger partial charge in [0, 0.05) is 6.54 Å². The highest BCUT2D eigenvalue weighted by Gasteiger charge is 2.22. The van der Waals surface area contributed by atoms with E-state index in [2.05, 4.69) is 29.0 Å². The zero-order valence-corrected chi connectivity index (χ0v) is 13.5. The van der Waals surface area contributed by atoms with Crippen LogP contribution < -0.4 is 5.32 Å². The summed E-state index contributed by atoms with van der Waals surface area (Å²) in [6.07, 6.45) is 5.25. The summed E-state index contributed by atoms with van der Waals surface area (Å²) < 4.78 is 13.0. The van der Waals surface area contributed by atoms with E-state index in [1.165, 1.54) is 44.6 Å². The van der Waals surface area contributed by atoms with Crippen molar-refractivity contribution in [3.8, 4) is 0 Å². The van der Waals surface area contributed by atoms with Gasteiger partial charge in [-0.25, -0.2) is 4.39 Å². The maximum atomic E-state index is 13.0. The van der Waals surface area contributed by atoms with Crippen molar-refractivity contribution in [2.75, 3.05) is 26.7 Å². The van der Waals surface area contributed by atoms with Gasteiger partial charge in [-0.05, 0) is 63.4 Å². The van der Waals surface area contributed by atoms with Gasteiger partial charge >= 0.3 is 0 Å². The molecule has 2 heterocycles. The molecule has 3 nitrogen and oxygen atoms in total. The molecule has 0 aromatic carbocycles. The number of hydrogen-bond donors (Lipinski definition) is 1. The van der Waals surface area contributed by atoms with Gasteiger partial charge in [0.05, 0.1) is 17.9 Å². The minimum atomic E-state index is -0.275. The molecule has 0 spiro atoms. The predicted molar refractivity (Wildman–Crippen MR) is 84.6 cm³/mol. The van der Waals surface area contributed by atoms with Crippen molar-refractivity contribution in [2.45, 2.75) is 39.2 Å². The molecule has 1 fully saturated rings. The van der Waals surface area contributed by atoms with Crippen LogP contribution in [0.15, 0.2) is 18.3 Å². The van der Waals surface area contributed by atoms with Gasteiger partial charge < -0.3 is 10.2 Å². The van der Waals surface area contributed by atoms with Crippen LogP contribution in [-0.4, -0.2) is 36.6 Å². The summed E-state index contributed by atoms with van der Waals surface area (Å²) in [6, 6.07) is 3.45. The first-order valence-corrected chi connectivity index (χ1v) is 8.11. The van der Waals surface area contributed by atoms with Crippen LogP contribution in [-0.2, 0) is 0 Å². The highest BCUT2D eigenvalue weighted by molar-refractivity contribution is 5.10. The Morgan fingerprint density at radius 3 is 2.86 bits per heavy atom. The molecule has 3 unspecified atom stereocenters. The number of pyridine rings is 1. The molecule has 1 saturated heterocycles. The monoisotopic (exact) mass is 293 g/mol. The molecule has 1 aliphatic heterocycles. The fourth-order valence-electron chi connectivity index (χ4n) is 3.31. The molecule has 118 valence electrons. The number of halogens is 1. The first-order chi connectivity index (χ1) is 10.1. The second kappa shape index (κ2) is 7.85. The minimum Gasteiger partial charge on any atom is -0.311 e. The van der Waals surface area contributed by atoms with Gasteiger partial charge in [0.2, 0.25) is 0 Å². The van der Waals surface area contributed by atoms with Crippen molar-refractivity contribution in [1.82, 2.24) is 15.2 Å². The number of nitrogens with one attached hydrogen (secondary N) is 1. The molecule has 0 aliphatic carbocycles. The maximum Gasteiger partial charge on any atom is 0.141 e. The van der Waals surface area contributed by atoms with E-state index in [0.717, 1.165) is 18.2 Å². The van der Waals surface area contributed by atoms with Crippen LogP contribution >= 0.6 is 0 Å². The lowest BCUT2D eigenvalue weighted by atomic mass is 9.97. The van der Waals surface area contributed by atoms with Gasteiger partial charge in [0.25, 0.3) is 0 Å². The Labute approximate surface area is 127 Å². The van der Waals surface area contributed by atoms with E-state index in [0.29, 0.717) is 5.92 Å². The second-order valence-corrected chi connectivity index (χ2v) is 6.48. The topological polar surface area (TPSA) is 28.2 Å². The van der Waals surface area contributed by atoms with Crippen LogP contribution in [0.3, 0.4) is 0 Å². The number of aromatic nitrogens is 1. The molecule has 0 saturated carbocycles. The molecular formula is C17H28FN3. The van der Waals surface area contributed by atoms with Crippen LogP contribution in [0.4, 0.5) is 4.39 Å². The third-order valence-corrected chi connectivity index (χ3v) is 4.60. The Hall–Kier alpha value is -1.00. The highest BCUT2D eigenvalue weighted by Crippen LogP contribution is 2.23. The third kappa shape index (κ3) is 4.75. The highest BCUT2D eigenvalue weighted by atomic mass is 19.1. The first kappa shape index (κ1) is 16.4. The molecule has 0 amide bonds. The van der Waals surface area contributed by atoms with E-state index in [-0.39, 0.29) is 11.9 Å². The third-order valence-electron chi connectivity index (χ3n) is 4.60. The molecule has 4 heteroatoms. The van der Waals surface area contributed by atoms with Crippen LogP contribution in [0.25, 0.3) is 0 Å². The Kier molecular flexibility index (Phi) is 6.12. The molecule has 1 N–H and O–H groups in total. The van der Waals surface area contributed by atoms with Crippen molar-refractivity contribution in [2.24, 2.45) is 11.8 Å². The quantitative estimate of drug-likeness (QED) is 0.903. The molecular weight excluding hydrogens is 265 g/mol. The normalized spacial score (nSPS) is 23.5. The maximum absolute atomic E-state index is 13.0. The molecule has 2 rings (SSSR count). The van der Waals surface area contributed by atoms with Crippen molar-refractivity contribution in [1.29, 1.82) is 0 Å². The van der Waals surface area contributed by atoms with E-state index >= 15 is 0 Å². The Bertz CT molecular complexity index is 421. The summed E-state index contributed by atoms with van der Waals surface area (Å²) in [5, 5.41) is 3.34. The summed E-state index contributed by atoms with van der Waals surface area (Å²) in [5.41, 5.74) is 0.926. The average Bonchev–Trinajstić information content (AvgIpc) is 2.67. The van der Waals surface area contributed by atoms with Crippen molar-refractivity contribution in [3.05, 3.63) is 29.8 Å². The summed E-state index contributed by atoms with van der Waals surface area (Å²) in [6.45, 7) is 8.06. The lowest BCUT2D eigenvalue weighted by Gasteiger charge is -2.29. The number of nitrogens with zero attached hydrogens (tertiary/aromatic N) is 2. The van der Waals surface area contributed by atoms with E-state index in [9.17, 15) is 4.39 Å². The van der Waals surface area contributed by atoms with E-state index < -0.39 is 0 Å². The number of likely N-dealkylation sites (tertiary alicyclic amines) is 1. The van der Waals surface area contributed by atoms with Gasteiger partial charge in [-0.15, -0.1) is 0 Å². The van der Waals surface area contributed by atoms with Gasteiger partial charge in [-0.1, -0.05) is 13.8 Å². The molecule has 21 heavy (non-hydrogen) atoms. The second-order valence-electron chi connectivity index (χ2n) is 6.48. The predicted octanol–water partition coefficient (Wildman–Crippen LogP) is 3.24. The van der Waals surface area contributed by atoms with Crippen LogP contribution in [0, 0.1) is 17.7 Å². The van der Waals surface area contributed by atoms with E-state index in [4.69, 9.17) is 0 Å². The van der Waals surface area contributed by atoms with Gasteiger partial charge in [0.15, 0.2) is 0 Å². The molecule has 1 aromatic rings. The first-order valence-electron chi connectivity index (χ1n) is 8.11. The fourth-order valence-corrected chi connectivity index (χ4v) is 3.31. The Balaban J connectivity index is 1.96. The SMILES string of the molecule is CNC(c1ccc(F)cn1)C(C)CN1CCCC(C)CC1. The van der Waals surface area contributed by atoms with Crippen LogP contribution in [0.5, 0.6) is 0 Å². The van der Waals surface area contributed by atoms with Crippen molar-refractivity contribution >= 4 is 0 Å². The molecule has 0 bridgehead atoms. The van der Waals surface area contributed by atoms with E-state index in [1.54, 1.807) is 6.07 Å². The van der Waals surface area contributed by atoms with E-state index in [1.807, 2.05) is 7.05 Å². The summed E-state index contributed by atoms with van der Waals surface area (Å²) in [7, 11) is 1.96. The summed E-state index contributed by atoms with van der Waals surface area (Å²) >= 11 is 0. The van der Waals surface area contributed by atoms with Crippen molar-refractivity contribution in [3.63, 3.8) is 0 Å². The zero-order valence-electron chi connectivity index (χ0n) is 13.5. The van der Waals surface area contributed by atoms with Gasteiger partial charge in [0.1, 0.15) is 5.82 Å². The summed E-state index contributed by atoms with van der Waals surface area (Å²) in [4.78, 5) is 6.81. The van der Waals surface area contributed by atoms with Crippen molar-refractivity contribution < 1.29 is 4.39 Å². The largest absolute Gasteiger partial charge is 0.311 e. The zero-order chi connectivity index (χ0) is 15.2. The average molecular weight is 293 g/mol. The van der Waals surface area contributed by atoms with Gasteiger partial charge in [-0.3, -0.25) is 4.98 Å². The minimum absolute atomic E-state index is 0.172. The summed E-state index contributed by atoms with van der Waals surface area (Å²) in [5.74, 6) is 1.02. The lowest BCUT2D eigenvalue weighted by molar-refractivity contribution is 0.217. The molecule has 1 aromatic heterocycles.